The summed E-state index contributed by atoms with van der Waals surface area (Å²) in [6, 6.07) is 20.8. The molecule has 144 valence electrons. The first-order valence-corrected chi connectivity index (χ1v) is 9.15. The van der Waals surface area contributed by atoms with Crippen molar-refractivity contribution in [1.82, 2.24) is 4.57 Å². The van der Waals surface area contributed by atoms with Gasteiger partial charge in [-0.2, -0.15) is 0 Å². The lowest BCUT2D eigenvalue weighted by atomic mass is 10.0. The van der Waals surface area contributed by atoms with E-state index in [0.717, 1.165) is 11.1 Å². The number of nitrogens with zero attached hydrogens (tertiary/aromatic N) is 1. The van der Waals surface area contributed by atoms with E-state index in [1.165, 1.54) is 0 Å². The normalized spacial score (nSPS) is 10.8. The van der Waals surface area contributed by atoms with Gasteiger partial charge in [-0.3, -0.25) is 9.59 Å². The molecule has 0 unspecified atom stereocenters. The number of methoxy groups -OCH3 is 1. The molecule has 0 radical (unpaired) electrons. The molecule has 0 saturated heterocycles. The van der Waals surface area contributed by atoms with Crippen molar-refractivity contribution in [2.24, 2.45) is 0 Å². The number of aromatic hydroxyl groups is 1. The fourth-order valence-corrected chi connectivity index (χ4v) is 3.39. The Balaban J connectivity index is 1.84. The molecule has 3 aromatic carbocycles. The largest absolute Gasteiger partial charge is 0.508 e. The van der Waals surface area contributed by atoms with Crippen molar-refractivity contribution in [2.75, 3.05) is 7.11 Å². The molecule has 0 fully saturated rings. The number of fused-ring (bicyclic) bond motifs is 1. The molecule has 5 nitrogen and oxygen atoms in total. The minimum Gasteiger partial charge on any atom is -0.508 e. The molecule has 0 amide bonds. The van der Waals surface area contributed by atoms with Crippen LogP contribution in [0.3, 0.4) is 0 Å². The van der Waals surface area contributed by atoms with Crippen LogP contribution in [0.5, 0.6) is 11.5 Å². The van der Waals surface area contributed by atoms with Gasteiger partial charge in [-0.25, -0.2) is 0 Å². The highest BCUT2D eigenvalue weighted by Crippen LogP contribution is 2.19. The quantitative estimate of drug-likeness (QED) is 0.528. The van der Waals surface area contributed by atoms with E-state index in [1.54, 1.807) is 67.9 Å². The van der Waals surface area contributed by atoms with Gasteiger partial charge in [-0.15, -0.1) is 0 Å². The van der Waals surface area contributed by atoms with Gasteiger partial charge in [0.05, 0.1) is 18.2 Å². The van der Waals surface area contributed by atoms with Crippen LogP contribution < -0.4 is 10.2 Å². The molecular weight excluding hydrogens is 366 g/mol. The summed E-state index contributed by atoms with van der Waals surface area (Å²) in [5.41, 5.74) is 1.82. The molecule has 1 heterocycles. The molecule has 29 heavy (non-hydrogen) atoms. The van der Waals surface area contributed by atoms with Crippen LogP contribution in [0.2, 0.25) is 0 Å². The highest BCUT2D eigenvalue weighted by molar-refractivity contribution is 6.10. The van der Waals surface area contributed by atoms with Gasteiger partial charge in [0, 0.05) is 23.7 Å². The number of hydrogen-bond donors (Lipinski definition) is 1. The minimum absolute atomic E-state index is 0.106. The van der Waals surface area contributed by atoms with E-state index in [2.05, 4.69) is 0 Å². The summed E-state index contributed by atoms with van der Waals surface area (Å²) in [5, 5.41) is 10.2. The predicted molar refractivity (Wildman–Crippen MR) is 112 cm³/mol. The molecule has 0 bridgehead atoms. The van der Waals surface area contributed by atoms with Gasteiger partial charge in [0.25, 0.3) is 0 Å². The van der Waals surface area contributed by atoms with Crippen LogP contribution in [0, 0.1) is 0 Å². The highest BCUT2D eigenvalue weighted by Gasteiger charge is 2.17. The Morgan fingerprint density at radius 1 is 1.00 bits per heavy atom. The smallest absolute Gasteiger partial charge is 0.200 e. The molecule has 5 heteroatoms. The number of aromatic nitrogens is 1. The van der Waals surface area contributed by atoms with Crippen LogP contribution in [0.25, 0.3) is 10.9 Å². The number of hydrogen-bond acceptors (Lipinski definition) is 4. The van der Waals surface area contributed by atoms with Gasteiger partial charge >= 0.3 is 0 Å². The van der Waals surface area contributed by atoms with Gasteiger partial charge < -0.3 is 14.4 Å². The van der Waals surface area contributed by atoms with Gasteiger partial charge in [0.2, 0.25) is 5.43 Å². The van der Waals surface area contributed by atoms with Crippen molar-refractivity contribution >= 4 is 16.7 Å². The molecule has 0 saturated carbocycles. The van der Waals surface area contributed by atoms with E-state index >= 15 is 0 Å². The molecule has 4 rings (SSSR count). The number of ether oxygens (including phenoxy) is 1. The Labute approximate surface area is 167 Å². The van der Waals surface area contributed by atoms with Crippen molar-refractivity contribution in [1.29, 1.82) is 0 Å². The lowest BCUT2D eigenvalue weighted by Gasteiger charge is -2.14. The summed E-state index contributed by atoms with van der Waals surface area (Å²) in [7, 11) is 1.56. The number of para-hydroxylation sites is 1. The van der Waals surface area contributed by atoms with Crippen molar-refractivity contribution in [3.8, 4) is 11.5 Å². The third-order valence-electron chi connectivity index (χ3n) is 4.85. The molecule has 1 N–H and O–H groups in total. The van der Waals surface area contributed by atoms with Crippen molar-refractivity contribution in [3.63, 3.8) is 0 Å². The molecule has 4 aromatic rings. The molecule has 0 aliphatic heterocycles. The molecule has 0 spiro atoms. The maximum atomic E-state index is 13.1. The third-order valence-corrected chi connectivity index (χ3v) is 4.85. The Hall–Kier alpha value is -3.86. The first kappa shape index (κ1) is 18.5. The van der Waals surface area contributed by atoms with Gasteiger partial charge in [-0.1, -0.05) is 24.3 Å². The summed E-state index contributed by atoms with van der Waals surface area (Å²) in [6.07, 6.45) is 1.60. The van der Waals surface area contributed by atoms with Gasteiger partial charge in [-0.05, 0) is 54.1 Å². The summed E-state index contributed by atoms with van der Waals surface area (Å²) in [6.45, 7) is 0.415. The number of carbonyl (C=O) groups excluding carboxylic acids is 1. The van der Waals surface area contributed by atoms with Gasteiger partial charge in [0.15, 0.2) is 5.78 Å². The molecule has 0 aliphatic rings. The van der Waals surface area contributed by atoms with Crippen LogP contribution in [0.1, 0.15) is 21.5 Å². The molecule has 0 aliphatic carbocycles. The number of phenolic OH excluding ortho intramolecular Hbond substituents is 1. The number of carbonyl (C=O) groups is 1. The zero-order chi connectivity index (χ0) is 20.4. The Kier molecular flexibility index (Phi) is 4.87. The second-order valence-electron chi connectivity index (χ2n) is 6.74. The van der Waals surface area contributed by atoms with E-state index in [0.29, 0.717) is 23.2 Å². The molecule has 1 aromatic heterocycles. The summed E-state index contributed by atoms with van der Waals surface area (Å²) in [5.74, 6) is 0.469. The van der Waals surface area contributed by atoms with Crippen LogP contribution in [0.15, 0.2) is 83.8 Å². The van der Waals surface area contributed by atoms with Crippen LogP contribution in [-0.4, -0.2) is 22.6 Å². The fourth-order valence-electron chi connectivity index (χ4n) is 3.39. The maximum Gasteiger partial charge on any atom is 0.200 e. The lowest BCUT2D eigenvalue weighted by molar-refractivity contribution is 0.103. The summed E-state index contributed by atoms with van der Waals surface area (Å²) < 4.78 is 7.00. The SMILES string of the molecule is COc1ccc(C(=O)c2cn(Cc3cccc(O)c3)c3ccccc3c2=O)cc1. The topological polar surface area (TPSA) is 68.5 Å². The molecule has 0 atom stereocenters. The maximum absolute atomic E-state index is 13.1. The van der Waals surface area contributed by atoms with E-state index in [1.807, 2.05) is 22.8 Å². The second-order valence-corrected chi connectivity index (χ2v) is 6.74. The number of pyridine rings is 1. The average Bonchev–Trinajstić information content (AvgIpc) is 2.75. The molecular formula is C24H19NO4. The monoisotopic (exact) mass is 385 g/mol. The number of rotatable bonds is 5. The lowest BCUT2D eigenvalue weighted by Crippen LogP contribution is -2.20. The van der Waals surface area contributed by atoms with Crippen LogP contribution >= 0.6 is 0 Å². The van der Waals surface area contributed by atoms with E-state index in [9.17, 15) is 14.7 Å². The average molecular weight is 385 g/mol. The third kappa shape index (κ3) is 3.62. The Morgan fingerprint density at radius 2 is 1.76 bits per heavy atom. The minimum atomic E-state index is -0.340. The van der Waals surface area contributed by atoms with Crippen molar-refractivity contribution in [2.45, 2.75) is 6.54 Å². The fraction of sp³-hybridized carbons (Fsp3) is 0.0833. The Morgan fingerprint density at radius 3 is 2.48 bits per heavy atom. The first-order valence-electron chi connectivity index (χ1n) is 9.15. The summed E-state index contributed by atoms with van der Waals surface area (Å²) in [4.78, 5) is 26.1. The zero-order valence-electron chi connectivity index (χ0n) is 15.8. The number of benzene rings is 3. The van der Waals surface area contributed by atoms with E-state index in [-0.39, 0.29) is 22.5 Å². The standard InChI is InChI=1S/C24H19NO4/c1-29-19-11-9-17(10-12-19)23(27)21-15-25(14-16-5-4-6-18(26)13-16)22-8-3-2-7-20(22)24(21)28/h2-13,15,26H,14H2,1H3. The van der Waals surface area contributed by atoms with Crippen molar-refractivity contribution in [3.05, 3.63) is 106 Å². The zero-order valence-corrected chi connectivity index (χ0v) is 15.8. The first-order chi connectivity index (χ1) is 14.1. The highest BCUT2D eigenvalue weighted by atomic mass is 16.5. The van der Waals surface area contributed by atoms with Gasteiger partial charge in [0.1, 0.15) is 11.5 Å². The Bertz CT molecular complexity index is 1260. The number of phenols is 1. The summed E-state index contributed by atoms with van der Waals surface area (Å²) >= 11 is 0. The second kappa shape index (κ2) is 7.64. The predicted octanol–water partition coefficient (Wildman–Crippen LogP) is 4.00. The van der Waals surface area contributed by atoms with E-state index in [4.69, 9.17) is 4.74 Å². The van der Waals surface area contributed by atoms with Crippen LogP contribution in [-0.2, 0) is 6.54 Å². The number of ketones is 1. The van der Waals surface area contributed by atoms with Crippen molar-refractivity contribution < 1.29 is 14.6 Å². The van der Waals surface area contributed by atoms with Crippen LogP contribution in [0.4, 0.5) is 0 Å². The van der Waals surface area contributed by atoms with E-state index < -0.39 is 0 Å².